The molecule has 0 saturated carbocycles. The number of fused-ring (bicyclic) bond motifs is 2. The van der Waals surface area contributed by atoms with Crippen molar-refractivity contribution >= 4 is 28.4 Å². The number of nitrogens with one attached hydrogen (secondary N) is 1. The molecule has 1 aromatic carbocycles. The van der Waals surface area contributed by atoms with Crippen molar-refractivity contribution < 1.29 is 14.3 Å². The van der Waals surface area contributed by atoms with E-state index >= 15 is 0 Å². The molecule has 2 aromatic heterocycles. The number of nitrogens with zero attached hydrogens (tertiary/aromatic N) is 6. The quantitative estimate of drug-likeness (QED) is 0.486. The van der Waals surface area contributed by atoms with Crippen molar-refractivity contribution in [3.8, 4) is 11.9 Å². The second-order valence-corrected chi connectivity index (χ2v) is 10.7. The first-order valence-corrected chi connectivity index (χ1v) is 13.7. The third kappa shape index (κ3) is 4.73. The third-order valence-corrected chi connectivity index (χ3v) is 8.17. The second-order valence-electron chi connectivity index (χ2n) is 10.7. The summed E-state index contributed by atoms with van der Waals surface area (Å²) < 4.78 is 12.7. The van der Waals surface area contributed by atoms with Gasteiger partial charge in [-0.2, -0.15) is 15.1 Å². The molecule has 3 aliphatic heterocycles. The van der Waals surface area contributed by atoms with Gasteiger partial charge in [0.2, 0.25) is 11.8 Å². The van der Waals surface area contributed by atoms with Gasteiger partial charge in [0.15, 0.2) is 0 Å². The molecule has 204 valence electrons. The van der Waals surface area contributed by atoms with Gasteiger partial charge in [-0.05, 0) is 64.1 Å². The van der Waals surface area contributed by atoms with Crippen molar-refractivity contribution in [2.75, 3.05) is 44.7 Å². The second kappa shape index (κ2) is 10.3. The molecular formula is C29H35N7O3. The molecular weight excluding hydrogens is 494 g/mol. The Morgan fingerprint density at radius 1 is 1.28 bits per heavy atom. The first kappa shape index (κ1) is 25.4. The standard InChI is InChI=1S/C29H35N7O3/c1-5-25(37)35-13-14-36(19(3)16-35)27-21-9-11-24(26-18(2)8-10-23-22(26)15-30-33-23)39-28(21)32-29(31-27)38-17-20-7-6-12-34(20)4/h5,8,10-11,15,19-20H,1,6-7,9,12-14,16-17H2,2-4H3,(H,30,33)/t19-,20?/m0/s1. The normalized spacial score (nSPS) is 21.5. The SMILES string of the molecule is C=CC(=O)N1CCN(c2nc(OCC3CCCN3C)nc3c2CC=C(c2c(C)ccc4[nH]ncc24)O3)[C@@H](C)C1. The number of aryl methyl sites for hydroxylation is 1. The van der Waals surface area contributed by atoms with Crippen LogP contribution < -0.4 is 14.4 Å². The molecule has 6 rings (SSSR count). The molecule has 10 nitrogen and oxygen atoms in total. The number of amides is 1. The number of piperazine rings is 1. The first-order chi connectivity index (χ1) is 18.9. The predicted molar refractivity (Wildman–Crippen MR) is 150 cm³/mol. The van der Waals surface area contributed by atoms with E-state index in [4.69, 9.17) is 19.4 Å². The number of carbonyl (C=O) groups is 1. The van der Waals surface area contributed by atoms with Gasteiger partial charge in [-0.25, -0.2) is 0 Å². The number of likely N-dealkylation sites (N-methyl/N-ethyl adjacent to an activating group) is 1. The molecule has 2 atom stereocenters. The van der Waals surface area contributed by atoms with Gasteiger partial charge in [-0.15, -0.1) is 0 Å². The Balaban J connectivity index is 1.34. The van der Waals surface area contributed by atoms with Gasteiger partial charge in [-0.3, -0.25) is 9.89 Å². The van der Waals surface area contributed by atoms with Crippen LogP contribution in [0.1, 0.15) is 36.5 Å². The number of rotatable bonds is 6. The lowest BCUT2D eigenvalue weighted by Crippen LogP contribution is -2.54. The van der Waals surface area contributed by atoms with Crippen molar-refractivity contribution in [3.63, 3.8) is 0 Å². The van der Waals surface area contributed by atoms with Crippen molar-refractivity contribution in [2.45, 2.75) is 45.2 Å². The number of aromatic amines is 1. The van der Waals surface area contributed by atoms with Gasteiger partial charge < -0.3 is 24.2 Å². The maximum Gasteiger partial charge on any atom is 0.321 e. The number of allylic oxidation sites excluding steroid dienone is 1. The molecule has 2 fully saturated rings. The van der Waals surface area contributed by atoms with E-state index in [1.807, 2.05) is 17.2 Å². The lowest BCUT2D eigenvalue weighted by Gasteiger charge is -2.41. The maximum absolute atomic E-state index is 12.3. The van der Waals surface area contributed by atoms with Crippen molar-refractivity contribution in [3.05, 3.63) is 53.8 Å². The van der Waals surface area contributed by atoms with E-state index in [9.17, 15) is 4.79 Å². The number of carbonyl (C=O) groups excluding carboxylic acids is 1. The Hall–Kier alpha value is -3.92. The Labute approximate surface area is 228 Å². The lowest BCUT2D eigenvalue weighted by molar-refractivity contribution is -0.126. The lowest BCUT2D eigenvalue weighted by atomic mass is 9.99. The summed E-state index contributed by atoms with van der Waals surface area (Å²) >= 11 is 0. The third-order valence-electron chi connectivity index (χ3n) is 8.17. The topological polar surface area (TPSA) is 99.7 Å². The fourth-order valence-electron chi connectivity index (χ4n) is 5.91. The van der Waals surface area contributed by atoms with Crippen molar-refractivity contribution in [1.82, 2.24) is 30.0 Å². The number of anilines is 1. The van der Waals surface area contributed by atoms with E-state index in [1.165, 1.54) is 12.5 Å². The van der Waals surface area contributed by atoms with E-state index < -0.39 is 0 Å². The van der Waals surface area contributed by atoms with Gasteiger partial charge in [-0.1, -0.05) is 12.6 Å². The van der Waals surface area contributed by atoms with Gasteiger partial charge in [0.25, 0.3) is 0 Å². The Kier molecular flexibility index (Phi) is 6.72. The van der Waals surface area contributed by atoms with Gasteiger partial charge in [0.05, 0.1) is 17.3 Å². The molecule has 1 N–H and O–H groups in total. The highest BCUT2D eigenvalue weighted by Gasteiger charge is 2.32. The summed E-state index contributed by atoms with van der Waals surface area (Å²) in [7, 11) is 2.13. The zero-order chi connectivity index (χ0) is 27.1. The molecule has 2 saturated heterocycles. The summed E-state index contributed by atoms with van der Waals surface area (Å²) in [4.78, 5) is 28.3. The Morgan fingerprint density at radius 3 is 2.92 bits per heavy atom. The Morgan fingerprint density at radius 2 is 2.15 bits per heavy atom. The fourth-order valence-corrected chi connectivity index (χ4v) is 5.91. The van der Waals surface area contributed by atoms with E-state index in [2.05, 4.69) is 59.6 Å². The fraction of sp³-hybridized carbons (Fsp3) is 0.448. The van der Waals surface area contributed by atoms with Gasteiger partial charge >= 0.3 is 6.01 Å². The minimum Gasteiger partial charge on any atom is -0.462 e. The maximum atomic E-state index is 12.3. The molecule has 0 bridgehead atoms. The minimum atomic E-state index is -0.0457. The van der Waals surface area contributed by atoms with Crippen LogP contribution in [0, 0.1) is 6.92 Å². The van der Waals surface area contributed by atoms with Crippen LogP contribution in [0.3, 0.4) is 0 Å². The highest BCUT2D eigenvalue weighted by Crippen LogP contribution is 2.39. The zero-order valence-electron chi connectivity index (χ0n) is 22.8. The van der Waals surface area contributed by atoms with Crippen LogP contribution in [0.15, 0.2) is 37.1 Å². The monoisotopic (exact) mass is 529 g/mol. The minimum absolute atomic E-state index is 0.0457. The Bertz CT molecular complexity index is 1450. The predicted octanol–water partition coefficient (Wildman–Crippen LogP) is 3.33. The number of aromatic nitrogens is 4. The first-order valence-electron chi connectivity index (χ1n) is 13.7. The molecule has 0 spiro atoms. The largest absolute Gasteiger partial charge is 0.462 e. The van der Waals surface area contributed by atoms with Crippen LogP contribution in [-0.2, 0) is 11.2 Å². The average molecular weight is 530 g/mol. The zero-order valence-corrected chi connectivity index (χ0v) is 22.8. The summed E-state index contributed by atoms with van der Waals surface area (Å²) in [5.74, 6) is 2.04. The van der Waals surface area contributed by atoms with Gasteiger partial charge in [0, 0.05) is 49.1 Å². The molecule has 1 amide bonds. The number of likely N-dealkylation sites (tertiary alicyclic amines) is 1. The highest BCUT2D eigenvalue weighted by molar-refractivity contribution is 5.92. The van der Waals surface area contributed by atoms with Crippen LogP contribution in [0.4, 0.5) is 5.82 Å². The summed E-state index contributed by atoms with van der Waals surface area (Å²) in [5.41, 5.74) is 3.99. The molecule has 3 aromatic rings. The summed E-state index contributed by atoms with van der Waals surface area (Å²) in [6, 6.07) is 4.82. The summed E-state index contributed by atoms with van der Waals surface area (Å²) in [6.45, 7) is 11.3. The van der Waals surface area contributed by atoms with Crippen molar-refractivity contribution in [2.24, 2.45) is 0 Å². The smallest absolute Gasteiger partial charge is 0.321 e. The number of benzene rings is 1. The number of hydrogen-bond acceptors (Lipinski definition) is 8. The number of ether oxygens (including phenoxy) is 2. The molecule has 1 unspecified atom stereocenters. The van der Waals surface area contributed by atoms with E-state index in [1.54, 1.807) is 0 Å². The highest BCUT2D eigenvalue weighted by atomic mass is 16.5. The molecule has 0 aliphatic carbocycles. The molecule has 10 heteroatoms. The van der Waals surface area contributed by atoms with Crippen LogP contribution >= 0.6 is 0 Å². The number of hydrogen-bond donors (Lipinski definition) is 1. The van der Waals surface area contributed by atoms with E-state index in [0.29, 0.717) is 50.6 Å². The average Bonchev–Trinajstić information content (AvgIpc) is 3.59. The van der Waals surface area contributed by atoms with E-state index in [-0.39, 0.29) is 11.9 Å². The molecule has 39 heavy (non-hydrogen) atoms. The summed E-state index contributed by atoms with van der Waals surface area (Å²) in [5, 5.41) is 8.30. The molecule has 5 heterocycles. The van der Waals surface area contributed by atoms with Crippen LogP contribution in [0.2, 0.25) is 0 Å². The van der Waals surface area contributed by atoms with E-state index in [0.717, 1.165) is 52.1 Å². The number of H-pyrrole nitrogens is 1. The molecule has 0 radical (unpaired) electrons. The summed E-state index contributed by atoms with van der Waals surface area (Å²) in [6.07, 6.45) is 8.20. The van der Waals surface area contributed by atoms with Gasteiger partial charge in [0.1, 0.15) is 18.2 Å². The van der Waals surface area contributed by atoms with Crippen LogP contribution in [-0.4, -0.2) is 87.8 Å². The van der Waals surface area contributed by atoms with Crippen LogP contribution in [0.25, 0.3) is 16.7 Å². The molecule has 3 aliphatic rings. The van der Waals surface area contributed by atoms with Crippen molar-refractivity contribution in [1.29, 1.82) is 0 Å². The van der Waals surface area contributed by atoms with Crippen LogP contribution in [0.5, 0.6) is 11.9 Å².